The van der Waals surface area contributed by atoms with Gasteiger partial charge in [-0.25, -0.2) is 4.79 Å². The smallest absolute Gasteiger partial charge is 0.329 e. The van der Waals surface area contributed by atoms with Crippen molar-refractivity contribution in [1.82, 2.24) is 9.88 Å². The minimum Gasteiger partial charge on any atom is -0.467 e. The van der Waals surface area contributed by atoms with Gasteiger partial charge in [0.2, 0.25) is 0 Å². The Hall–Kier alpha value is -3.02. The van der Waals surface area contributed by atoms with Crippen LogP contribution < -0.4 is 0 Å². The largest absolute Gasteiger partial charge is 0.467 e. The minimum atomic E-state index is -0.880. The average molecular weight is 309 g/mol. The number of esters is 1. The first-order valence-corrected chi connectivity index (χ1v) is 7.11. The summed E-state index contributed by atoms with van der Waals surface area (Å²) < 4.78 is 4.85. The number of hydrogen-bond acceptors (Lipinski definition) is 5. The van der Waals surface area contributed by atoms with Gasteiger partial charge in [-0.3, -0.25) is 20.1 Å². The molecule has 0 bridgehead atoms. The summed E-state index contributed by atoms with van der Waals surface area (Å²) in [6.07, 6.45) is 3.22. The number of nitrogens with one attached hydrogen (secondary N) is 1. The summed E-state index contributed by atoms with van der Waals surface area (Å²) >= 11 is 0. The van der Waals surface area contributed by atoms with Crippen molar-refractivity contribution in [3.63, 3.8) is 0 Å². The van der Waals surface area contributed by atoms with Crippen LogP contribution in [0.25, 0.3) is 0 Å². The second-order valence-electron chi connectivity index (χ2n) is 5.17. The van der Waals surface area contributed by atoms with Crippen molar-refractivity contribution in [3.8, 4) is 0 Å². The lowest BCUT2D eigenvalue weighted by atomic mass is 10.0. The standard InChI is InChI=1S/C17H15N3O3/c1-23-17(22)14(9-11-5-3-2-4-6-11)20-15(18)12-7-8-19-10-13(12)16(20)21/h2-8,10,14,18H,9H2,1H3/t14-/m0/s1. The van der Waals surface area contributed by atoms with Gasteiger partial charge in [0.15, 0.2) is 0 Å². The zero-order valence-corrected chi connectivity index (χ0v) is 12.5. The number of benzene rings is 1. The van der Waals surface area contributed by atoms with Gasteiger partial charge in [0.1, 0.15) is 11.9 Å². The quantitative estimate of drug-likeness (QED) is 0.870. The fraction of sp³-hybridized carbons (Fsp3) is 0.176. The Bertz CT molecular complexity index is 739. The Morgan fingerprint density at radius 1 is 1.26 bits per heavy atom. The lowest BCUT2D eigenvalue weighted by Gasteiger charge is -2.25. The first-order chi connectivity index (χ1) is 11.1. The molecule has 1 aromatic carbocycles. The molecule has 6 nitrogen and oxygen atoms in total. The third kappa shape index (κ3) is 2.59. The normalized spacial score (nSPS) is 14.6. The van der Waals surface area contributed by atoms with Crippen LogP contribution in [0.4, 0.5) is 0 Å². The molecule has 1 amide bonds. The van der Waals surface area contributed by atoms with E-state index in [1.165, 1.54) is 24.4 Å². The van der Waals surface area contributed by atoms with Crippen molar-refractivity contribution in [1.29, 1.82) is 5.41 Å². The number of pyridine rings is 1. The zero-order valence-electron chi connectivity index (χ0n) is 12.5. The summed E-state index contributed by atoms with van der Waals surface area (Å²) in [5.41, 5.74) is 1.70. The predicted molar refractivity (Wildman–Crippen MR) is 83.2 cm³/mol. The maximum absolute atomic E-state index is 12.6. The number of aromatic nitrogens is 1. The number of amidine groups is 1. The molecule has 0 spiro atoms. The Morgan fingerprint density at radius 2 is 2.00 bits per heavy atom. The van der Waals surface area contributed by atoms with Crippen LogP contribution in [0.15, 0.2) is 48.8 Å². The monoisotopic (exact) mass is 309 g/mol. The Balaban J connectivity index is 1.97. The fourth-order valence-electron chi connectivity index (χ4n) is 2.68. The molecule has 0 saturated heterocycles. The van der Waals surface area contributed by atoms with E-state index in [0.29, 0.717) is 11.1 Å². The molecule has 0 radical (unpaired) electrons. The Kier molecular flexibility index (Phi) is 3.89. The van der Waals surface area contributed by atoms with Gasteiger partial charge in [-0.15, -0.1) is 0 Å². The lowest BCUT2D eigenvalue weighted by Crippen LogP contribution is -2.46. The van der Waals surface area contributed by atoms with Crippen LogP contribution in [0.5, 0.6) is 0 Å². The lowest BCUT2D eigenvalue weighted by molar-refractivity contribution is -0.144. The van der Waals surface area contributed by atoms with Gasteiger partial charge in [-0.05, 0) is 11.6 Å². The molecule has 2 heterocycles. The molecule has 1 aromatic heterocycles. The van der Waals surface area contributed by atoms with E-state index >= 15 is 0 Å². The van der Waals surface area contributed by atoms with E-state index in [0.717, 1.165) is 5.56 Å². The Labute approximate surface area is 133 Å². The molecule has 0 fully saturated rings. The molecule has 0 saturated carbocycles. The molecular weight excluding hydrogens is 294 g/mol. The summed E-state index contributed by atoms with van der Waals surface area (Å²) in [5.74, 6) is -0.948. The molecule has 3 rings (SSSR count). The molecule has 1 aliphatic heterocycles. The van der Waals surface area contributed by atoms with Gasteiger partial charge in [0, 0.05) is 24.4 Å². The fourth-order valence-corrected chi connectivity index (χ4v) is 2.68. The second kappa shape index (κ2) is 6.00. The van der Waals surface area contributed by atoms with E-state index in [-0.39, 0.29) is 12.3 Å². The van der Waals surface area contributed by atoms with Gasteiger partial charge < -0.3 is 4.74 Å². The molecule has 2 aromatic rings. The average Bonchev–Trinajstić information content (AvgIpc) is 2.85. The van der Waals surface area contributed by atoms with Gasteiger partial charge in [0.25, 0.3) is 5.91 Å². The van der Waals surface area contributed by atoms with Crippen LogP contribution in [0.2, 0.25) is 0 Å². The molecule has 1 atom stereocenters. The van der Waals surface area contributed by atoms with Crippen molar-refractivity contribution in [2.75, 3.05) is 7.11 Å². The number of ether oxygens (including phenoxy) is 1. The van der Waals surface area contributed by atoms with Gasteiger partial charge in [-0.1, -0.05) is 30.3 Å². The number of nitrogens with zero attached hydrogens (tertiary/aromatic N) is 2. The highest BCUT2D eigenvalue weighted by atomic mass is 16.5. The summed E-state index contributed by atoms with van der Waals surface area (Å²) in [5, 5.41) is 8.25. The molecule has 1 aliphatic rings. The number of amides is 1. The third-order valence-electron chi connectivity index (χ3n) is 3.82. The topological polar surface area (TPSA) is 83.3 Å². The predicted octanol–water partition coefficient (Wildman–Crippen LogP) is 1.65. The van der Waals surface area contributed by atoms with Crippen LogP contribution in [0, 0.1) is 5.41 Å². The molecule has 116 valence electrons. The first-order valence-electron chi connectivity index (χ1n) is 7.11. The molecule has 1 N–H and O–H groups in total. The van der Waals surface area contributed by atoms with E-state index in [9.17, 15) is 9.59 Å². The van der Waals surface area contributed by atoms with Crippen LogP contribution in [-0.2, 0) is 16.0 Å². The summed E-state index contributed by atoms with van der Waals surface area (Å²) in [7, 11) is 1.28. The van der Waals surface area contributed by atoms with E-state index in [1.54, 1.807) is 6.07 Å². The number of hydrogen-bond donors (Lipinski definition) is 1. The van der Waals surface area contributed by atoms with E-state index in [1.807, 2.05) is 30.3 Å². The van der Waals surface area contributed by atoms with Crippen molar-refractivity contribution in [3.05, 3.63) is 65.5 Å². The van der Waals surface area contributed by atoms with Crippen molar-refractivity contribution in [2.24, 2.45) is 0 Å². The number of rotatable bonds is 4. The third-order valence-corrected chi connectivity index (χ3v) is 3.82. The number of fused-ring (bicyclic) bond motifs is 1. The SMILES string of the molecule is COC(=O)[C@H](Cc1ccccc1)N1C(=N)c2ccncc2C1=O. The van der Waals surface area contributed by atoms with Crippen LogP contribution in [0.1, 0.15) is 21.5 Å². The van der Waals surface area contributed by atoms with Crippen LogP contribution in [0.3, 0.4) is 0 Å². The van der Waals surface area contributed by atoms with Crippen LogP contribution in [-0.4, -0.2) is 40.7 Å². The molecule has 0 unspecified atom stereocenters. The molecular formula is C17H15N3O3. The summed E-state index contributed by atoms with van der Waals surface area (Å²) in [6.45, 7) is 0. The van der Waals surface area contributed by atoms with Gasteiger partial charge >= 0.3 is 5.97 Å². The van der Waals surface area contributed by atoms with Crippen molar-refractivity contribution in [2.45, 2.75) is 12.5 Å². The van der Waals surface area contributed by atoms with Gasteiger partial charge in [-0.2, -0.15) is 0 Å². The van der Waals surface area contributed by atoms with Crippen molar-refractivity contribution < 1.29 is 14.3 Å². The molecule has 0 aliphatic carbocycles. The maximum atomic E-state index is 12.6. The number of carbonyl (C=O) groups is 2. The first kappa shape index (κ1) is 14.9. The zero-order chi connectivity index (χ0) is 16.4. The number of carbonyl (C=O) groups excluding carboxylic acids is 2. The number of methoxy groups -OCH3 is 1. The van der Waals surface area contributed by atoms with E-state index in [2.05, 4.69) is 4.98 Å². The minimum absolute atomic E-state index is 0.00117. The molecule has 6 heteroatoms. The highest BCUT2D eigenvalue weighted by Crippen LogP contribution is 2.25. The molecule has 23 heavy (non-hydrogen) atoms. The summed E-state index contributed by atoms with van der Waals surface area (Å²) in [6, 6.07) is 10.1. The highest BCUT2D eigenvalue weighted by Gasteiger charge is 2.41. The van der Waals surface area contributed by atoms with E-state index < -0.39 is 17.9 Å². The highest BCUT2D eigenvalue weighted by molar-refractivity contribution is 6.23. The Morgan fingerprint density at radius 3 is 2.65 bits per heavy atom. The van der Waals surface area contributed by atoms with Gasteiger partial charge in [0.05, 0.1) is 12.7 Å². The van der Waals surface area contributed by atoms with Crippen molar-refractivity contribution >= 4 is 17.7 Å². The van der Waals surface area contributed by atoms with Crippen LogP contribution >= 0.6 is 0 Å². The van der Waals surface area contributed by atoms with E-state index in [4.69, 9.17) is 10.1 Å². The summed E-state index contributed by atoms with van der Waals surface area (Å²) in [4.78, 5) is 29.9. The second-order valence-corrected chi connectivity index (χ2v) is 5.17. The maximum Gasteiger partial charge on any atom is 0.329 e.